The molecule has 0 aromatic heterocycles. The Balaban J connectivity index is 1.34. The van der Waals surface area contributed by atoms with Gasteiger partial charge >= 0.3 is 6.03 Å². The van der Waals surface area contributed by atoms with Gasteiger partial charge in [0.15, 0.2) is 11.5 Å². The molecule has 2 heterocycles. The quantitative estimate of drug-likeness (QED) is 0.774. The first-order valence-corrected chi connectivity index (χ1v) is 9.91. The Morgan fingerprint density at radius 3 is 2.61 bits per heavy atom. The summed E-state index contributed by atoms with van der Waals surface area (Å²) in [6.07, 6.45) is 5.17. The fourth-order valence-corrected chi connectivity index (χ4v) is 4.05. The first kappa shape index (κ1) is 18.6. The smallest absolute Gasteiger partial charge is 0.325 e. The second-order valence-electron chi connectivity index (χ2n) is 7.54. The summed E-state index contributed by atoms with van der Waals surface area (Å²) >= 11 is 0. The third-order valence-electron chi connectivity index (χ3n) is 5.55. The molecule has 1 aromatic rings. The van der Waals surface area contributed by atoms with E-state index < -0.39 is 11.6 Å². The van der Waals surface area contributed by atoms with E-state index in [2.05, 4.69) is 10.6 Å². The lowest BCUT2D eigenvalue weighted by molar-refractivity contribution is -0.132. The molecule has 0 radical (unpaired) electrons. The topological polar surface area (TPSA) is 97.0 Å². The second kappa shape index (κ2) is 7.69. The summed E-state index contributed by atoms with van der Waals surface area (Å²) in [5.74, 6) is 0.802. The maximum absolute atomic E-state index is 12.7. The van der Waals surface area contributed by atoms with E-state index in [1.165, 1.54) is 4.90 Å². The SMILES string of the molecule is O=C(CCN1C(=O)NC2(CCCCC2)C1=O)Nc1ccc2c(c1)OCCCO2. The number of fused-ring (bicyclic) bond motifs is 1. The van der Waals surface area contributed by atoms with Gasteiger partial charge in [-0.3, -0.25) is 14.5 Å². The van der Waals surface area contributed by atoms with E-state index >= 15 is 0 Å². The molecule has 3 aliphatic rings. The molecule has 4 amide bonds. The van der Waals surface area contributed by atoms with Gasteiger partial charge in [-0.15, -0.1) is 0 Å². The van der Waals surface area contributed by atoms with Crippen molar-refractivity contribution in [3.05, 3.63) is 18.2 Å². The van der Waals surface area contributed by atoms with E-state index in [0.717, 1.165) is 25.7 Å². The van der Waals surface area contributed by atoms with Crippen molar-refractivity contribution in [3.8, 4) is 11.5 Å². The van der Waals surface area contributed by atoms with Crippen molar-refractivity contribution in [2.75, 3.05) is 25.1 Å². The van der Waals surface area contributed by atoms with Crippen molar-refractivity contribution in [1.29, 1.82) is 0 Å². The molecule has 1 spiro atoms. The highest BCUT2D eigenvalue weighted by atomic mass is 16.5. The van der Waals surface area contributed by atoms with Crippen molar-refractivity contribution in [2.45, 2.75) is 50.5 Å². The van der Waals surface area contributed by atoms with Crippen LogP contribution in [0.15, 0.2) is 18.2 Å². The third-order valence-corrected chi connectivity index (χ3v) is 5.55. The van der Waals surface area contributed by atoms with Gasteiger partial charge in [0.2, 0.25) is 5.91 Å². The van der Waals surface area contributed by atoms with Gasteiger partial charge in [0.05, 0.1) is 13.2 Å². The predicted octanol–water partition coefficient (Wildman–Crippen LogP) is 2.43. The van der Waals surface area contributed by atoms with Crippen LogP contribution in [0.3, 0.4) is 0 Å². The number of anilines is 1. The molecule has 2 fully saturated rings. The molecular formula is C20H25N3O5. The summed E-state index contributed by atoms with van der Waals surface area (Å²) in [5, 5.41) is 5.65. The lowest BCUT2D eigenvalue weighted by Gasteiger charge is -2.30. The van der Waals surface area contributed by atoms with Crippen LogP contribution in [-0.4, -0.2) is 48.0 Å². The number of benzene rings is 1. The average molecular weight is 387 g/mol. The molecule has 0 atom stereocenters. The van der Waals surface area contributed by atoms with Crippen LogP contribution in [-0.2, 0) is 9.59 Å². The van der Waals surface area contributed by atoms with Gasteiger partial charge in [0.1, 0.15) is 5.54 Å². The van der Waals surface area contributed by atoms with Crippen LogP contribution in [0.25, 0.3) is 0 Å². The van der Waals surface area contributed by atoms with E-state index in [0.29, 0.717) is 43.2 Å². The van der Waals surface area contributed by atoms with Gasteiger partial charge in [0.25, 0.3) is 5.91 Å². The summed E-state index contributed by atoms with van der Waals surface area (Å²) < 4.78 is 11.2. The lowest BCUT2D eigenvalue weighted by atomic mass is 9.82. The van der Waals surface area contributed by atoms with Crippen LogP contribution in [0.5, 0.6) is 11.5 Å². The molecule has 2 aliphatic heterocycles. The summed E-state index contributed by atoms with van der Waals surface area (Å²) in [6.45, 7) is 1.24. The Kier molecular flexibility index (Phi) is 5.11. The number of hydrogen-bond donors (Lipinski definition) is 2. The van der Waals surface area contributed by atoms with Crippen LogP contribution < -0.4 is 20.1 Å². The summed E-state index contributed by atoms with van der Waals surface area (Å²) in [6, 6.07) is 4.84. The molecule has 0 bridgehead atoms. The largest absolute Gasteiger partial charge is 0.490 e. The number of carbonyl (C=O) groups is 3. The van der Waals surface area contributed by atoms with E-state index in [9.17, 15) is 14.4 Å². The van der Waals surface area contributed by atoms with Gasteiger partial charge < -0.3 is 20.1 Å². The fraction of sp³-hybridized carbons (Fsp3) is 0.550. The Labute approximate surface area is 163 Å². The molecule has 28 heavy (non-hydrogen) atoms. The molecule has 1 aliphatic carbocycles. The van der Waals surface area contributed by atoms with Crippen molar-refractivity contribution in [2.24, 2.45) is 0 Å². The van der Waals surface area contributed by atoms with E-state index in [1.807, 2.05) is 0 Å². The number of nitrogens with one attached hydrogen (secondary N) is 2. The summed E-state index contributed by atoms with van der Waals surface area (Å²) in [4.78, 5) is 38.5. The zero-order valence-corrected chi connectivity index (χ0v) is 15.8. The van der Waals surface area contributed by atoms with Crippen LogP contribution in [0, 0.1) is 0 Å². The molecule has 8 nitrogen and oxygen atoms in total. The first-order chi connectivity index (χ1) is 13.6. The lowest BCUT2D eigenvalue weighted by Crippen LogP contribution is -2.48. The van der Waals surface area contributed by atoms with Crippen LogP contribution in [0.1, 0.15) is 44.9 Å². The number of ether oxygens (including phenoxy) is 2. The van der Waals surface area contributed by atoms with Crippen molar-refractivity contribution >= 4 is 23.5 Å². The maximum atomic E-state index is 12.7. The Hall–Kier alpha value is -2.77. The number of nitrogens with zero attached hydrogens (tertiary/aromatic N) is 1. The monoisotopic (exact) mass is 387 g/mol. The Morgan fingerprint density at radius 1 is 1.07 bits per heavy atom. The first-order valence-electron chi connectivity index (χ1n) is 9.91. The number of urea groups is 1. The number of hydrogen-bond acceptors (Lipinski definition) is 5. The zero-order valence-electron chi connectivity index (χ0n) is 15.8. The van der Waals surface area contributed by atoms with Gasteiger partial charge in [-0.05, 0) is 25.0 Å². The van der Waals surface area contributed by atoms with E-state index in [4.69, 9.17) is 9.47 Å². The van der Waals surface area contributed by atoms with Crippen molar-refractivity contribution in [1.82, 2.24) is 10.2 Å². The highest BCUT2D eigenvalue weighted by molar-refractivity contribution is 6.07. The number of imide groups is 1. The standard InChI is InChI=1S/C20H25N3O5/c24-17(21-14-5-6-15-16(13-14)28-12-4-11-27-15)7-10-23-18(25)20(22-19(23)26)8-2-1-3-9-20/h5-6,13H,1-4,7-12H2,(H,21,24)(H,22,26). The number of rotatable bonds is 4. The fourth-order valence-electron chi connectivity index (χ4n) is 4.05. The van der Waals surface area contributed by atoms with Gasteiger partial charge in [-0.25, -0.2) is 4.79 Å². The Morgan fingerprint density at radius 2 is 1.82 bits per heavy atom. The summed E-state index contributed by atoms with van der Waals surface area (Å²) in [7, 11) is 0. The predicted molar refractivity (Wildman–Crippen MR) is 101 cm³/mol. The number of carbonyl (C=O) groups excluding carboxylic acids is 3. The van der Waals surface area contributed by atoms with Gasteiger partial charge in [-0.2, -0.15) is 0 Å². The Bertz CT molecular complexity index is 788. The van der Waals surface area contributed by atoms with E-state index in [1.54, 1.807) is 18.2 Å². The zero-order chi connectivity index (χ0) is 19.6. The molecule has 8 heteroatoms. The minimum atomic E-state index is -0.750. The molecule has 1 saturated carbocycles. The summed E-state index contributed by atoms with van der Waals surface area (Å²) in [5.41, 5.74) is -0.157. The maximum Gasteiger partial charge on any atom is 0.325 e. The van der Waals surface area contributed by atoms with Crippen LogP contribution >= 0.6 is 0 Å². The van der Waals surface area contributed by atoms with Crippen LogP contribution in [0.4, 0.5) is 10.5 Å². The van der Waals surface area contributed by atoms with Crippen LogP contribution in [0.2, 0.25) is 0 Å². The van der Waals surface area contributed by atoms with Gasteiger partial charge in [0, 0.05) is 31.1 Å². The second-order valence-corrected chi connectivity index (χ2v) is 7.54. The molecule has 1 saturated heterocycles. The molecule has 0 unspecified atom stereocenters. The molecular weight excluding hydrogens is 362 g/mol. The molecule has 1 aromatic carbocycles. The molecule has 4 rings (SSSR count). The minimum absolute atomic E-state index is 0.0453. The third kappa shape index (κ3) is 3.63. The minimum Gasteiger partial charge on any atom is -0.490 e. The van der Waals surface area contributed by atoms with Crippen molar-refractivity contribution < 1.29 is 23.9 Å². The number of amides is 4. The van der Waals surface area contributed by atoms with E-state index in [-0.39, 0.29) is 24.8 Å². The molecule has 150 valence electrons. The highest BCUT2D eigenvalue weighted by Gasteiger charge is 2.51. The van der Waals surface area contributed by atoms with Crippen molar-refractivity contribution in [3.63, 3.8) is 0 Å². The van der Waals surface area contributed by atoms with Gasteiger partial charge in [-0.1, -0.05) is 19.3 Å². The molecule has 2 N–H and O–H groups in total. The normalized spacial score (nSPS) is 20.6. The highest BCUT2D eigenvalue weighted by Crippen LogP contribution is 2.34. The average Bonchev–Trinajstić information content (AvgIpc) is 2.84.